The minimum absolute atomic E-state index is 0.520. The molecule has 3 N–H and O–H groups in total. The fourth-order valence-electron chi connectivity index (χ4n) is 2.40. The summed E-state index contributed by atoms with van der Waals surface area (Å²) in [6, 6.07) is 10.6. The molecule has 1 heterocycles. The highest BCUT2D eigenvalue weighted by Crippen LogP contribution is 2.22. The molecule has 0 saturated carbocycles. The first kappa shape index (κ1) is 14.4. The van der Waals surface area contributed by atoms with Crippen LogP contribution in [0.1, 0.15) is 13.3 Å². The van der Waals surface area contributed by atoms with Crippen LogP contribution in [-0.2, 0) is 0 Å². The summed E-state index contributed by atoms with van der Waals surface area (Å²) in [5.41, 5.74) is 8.15. The lowest BCUT2D eigenvalue weighted by Gasteiger charge is -2.18. The van der Waals surface area contributed by atoms with Crippen molar-refractivity contribution in [2.75, 3.05) is 31.1 Å². The number of nitrogens with one attached hydrogen (secondary N) is 1. The number of aliphatic imine (C=N–C) groups is 1. The van der Waals surface area contributed by atoms with E-state index < -0.39 is 0 Å². The quantitative estimate of drug-likeness (QED) is 0.490. The van der Waals surface area contributed by atoms with Gasteiger partial charge in [-0.15, -0.1) is 0 Å². The second-order valence-electron chi connectivity index (χ2n) is 5.48. The van der Waals surface area contributed by atoms with Crippen molar-refractivity contribution in [3.8, 4) is 0 Å². The molecule has 2 rings (SSSR count). The predicted octanol–water partition coefficient (Wildman–Crippen LogP) is 1.99. The Hall–Kier alpha value is -1.97. The van der Waals surface area contributed by atoms with Crippen LogP contribution >= 0.6 is 0 Å². The number of para-hydroxylation sites is 1. The van der Waals surface area contributed by atoms with Crippen molar-refractivity contribution in [3.05, 3.63) is 42.5 Å². The fourth-order valence-corrected chi connectivity index (χ4v) is 2.40. The number of rotatable bonds is 5. The third kappa shape index (κ3) is 4.30. The van der Waals surface area contributed by atoms with Crippen LogP contribution in [0.15, 0.2) is 47.5 Å². The molecule has 1 aromatic carbocycles. The molecule has 1 atom stereocenters. The van der Waals surface area contributed by atoms with E-state index in [0.29, 0.717) is 18.4 Å². The van der Waals surface area contributed by atoms with Crippen molar-refractivity contribution >= 4 is 11.6 Å². The van der Waals surface area contributed by atoms with E-state index in [1.54, 1.807) is 0 Å². The summed E-state index contributed by atoms with van der Waals surface area (Å²) in [5.74, 6) is 1.14. The van der Waals surface area contributed by atoms with Gasteiger partial charge in [0.25, 0.3) is 0 Å². The summed E-state index contributed by atoms with van der Waals surface area (Å²) in [4.78, 5) is 6.66. The minimum Gasteiger partial charge on any atom is -0.371 e. The Bertz CT molecular complexity index is 467. The fraction of sp³-hybridized carbons (Fsp3) is 0.438. The molecule has 4 nitrogen and oxygen atoms in total. The first-order valence-corrected chi connectivity index (χ1v) is 7.13. The maximum atomic E-state index is 5.83. The van der Waals surface area contributed by atoms with E-state index in [1.807, 2.05) is 6.92 Å². The Morgan fingerprint density at radius 3 is 2.90 bits per heavy atom. The van der Waals surface area contributed by atoms with Crippen LogP contribution in [-0.4, -0.2) is 32.1 Å². The van der Waals surface area contributed by atoms with Gasteiger partial charge in [-0.25, -0.2) is 4.99 Å². The molecule has 0 amide bonds. The van der Waals surface area contributed by atoms with Gasteiger partial charge in [0.15, 0.2) is 5.96 Å². The Balaban J connectivity index is 1.76. The molecule has 0 radical (unpaired) electrons. The van der Waals surface area contributed by atoms with E-state index in [1.165, 1.54) is 12.1 Å². The first-order chi connectivity index (χ1) is 9.65. The maximum absolute atomic E-state index is 5.83. The number of guanidine groups is 1. The minimum atomic E-state index is 0.520. The topological polar surface area (TPSA) is 53.6 Å². The molecule has 1 saturated heterocycles. The largest absolute Gasteiger partial charge is 0.371 e. The highest BCUT2D eigenvalue weighted by Gasteiger charge is 2.22. The molecule has 0 bridgehead atoms. The molecule has 1 aliphatic heterocycles. The summed E-state index contributed by atoms with van der Waals surface area (Å²) in [6.07, 6.45) is 1.19. The zero-order valence-corrected chi connectivity index (χ0v) is 12.2. The molecule has 1 aliphatic rings. The average Bonchev–Trinajstić information content (AvgIpc) is 2.93. The van der Waals surface area contributed by atoms with E-state index in [0.717, 1.165) is 25.2 Å². The molecule has 108 valence electrons. The van der Waals surface area contributed by atoms with Crippen LogP contribution in [0, 0.1) is 5.92 Å². The highest BCUT2D eigenvalue weighted by atomic mass is 15.2. The monoisotopic (exact) mass is 272 g/mol. The molecule has 1 fully saturated rings. The van der Waals surface area contributed by atoms with Crippen molar-refractivity contribution in [2.24, 2.45) is 16.6 Å². The lowest BCUT2D eigenvalue weighted by atomic mass is 10.1. The molecule has 1 aromatic rings. The third-order valence-electron chi connectivity index (χ3n) is 3.50. The molecule has 4 heteroatoms. The van der Waals surface area contributed by atoms with Gasteiger partial charge >= 0.3 is 0 Å². The van der Waals surface area contributed by atoms with E-state index in [2.05, 4.69) is 52.1 Å². The number of hydrogen-bond donors (Lipinski definition) is 2. The Labute approximate surface area is 121 Å². The van der Waals surface area contributed by atoms with Crippen molar-refractivity contribution in [1.82, 2.24) is 5.32 Å². The summed E-state index contributed by atoms with van der Waals surface area (Å²) < 4.78 is 0. The molecule has 1 unspecified atom stereocenters. The smallest absolute Gasteiger partial charge is 0.188 e. The van der Waals surface area contributed by atoms with Crippen LogP contribution in [0.5, 0.6) is 0 Å². The zero-order chi connectivity index (χ0) is 14.4. The third-order valence-corrected chi connectivity index (χ3v) is 3.50. The van der Waals surface area contributed by atoms with Gasteiger partial charge in [-0.3, -0.25) is 0 Å². The van der Waals surface area contributed by atoms with Crippen LogP contribution < -0.4 is 16.0 Å². The highest BCUT2D eigenvalue weighted by molar-refractivity contribution is 5.77. The molecule has 0 aromatic heterocycles. The van der Waals surface area contributed by atoms with Gasteiger partial charge in [-0.2, -0.15) is 0 Å². The van der Waals surface area contributed by atoms with Crippen LogP contribution in [0.4, 0.5) is 5.69 Å². The lowest BCUT2D eigenvalue weighted by Crippen LogP contribution is -2.36. The van der Waals surface area contributed by atoms with Crippen molar-refractivity contribution in [1.29, 1.82) is 0 Å². The second kappa shape index (κ2) is 6.98. The summed E-state index contributed by atoms with van der Waals surface area (Å²) in [7, 11) is 0. The summed E-state index contributed by atoms with van der Waals surface area (Å²) >= 11 is 0. The van der Waals surface area contributed by atoms with Gasteiger partial charge in [0.2, 0.25) is 0 Å². The molecule has 0 aliphatic carbocycles. The van der Waals surface area contributed by atoms with Crippen molar-refractivity contribution in [3.63, 3.8) is 0 Å². The molecule has 20 heavy (non-hydrogen) atoms. The number of nitrogens with zero attached hydrogens (tertiary/aromatic N) is 2. The summed E-state index contributed by atoms with van der Waals surface area (Å²) in [6.45, 7) is 9.43. The van der Waals surface area contributed by atoms with Crippen LogP contribution in [0.3, 0.4) is 0 Å². The molecular weight excluding hydrogens is 248 g/mol. The maximum Gasteiger partial charge on any atom is 0.188 e. The van der Waals surface area contributed by atoms with Gasteiger partial charge in [-0.1, -0.05) is 30.4 Å². The molecular formula is C16H24N4. The first-order valence-electron chi connectivity index (χ1n) is 7.13. The second-order valence-corrected chi connectivity index (χ2v) is 5.48. The van der Waals surface area contributed by atoms with Crippen molar-refractivity contribution in [2.45, 2.75) is 13.3 Å². The predicted molar refractivity (Wildman–Crippen MR) is 86.1 cm³/mol. The van der Waals surface area contributed by atoms with Gasteiger partial charge in [-0.05, 0) is 31.4 Å². The van der Waals surface area contributed by atoms with E-state index in [4.69, 9.17) is 5.73 Å². The van der Waals surface area contributed by atoms with E-state index >= 15 is 0 Å². The van der Waals surface area contributed by atoms with Gasteiger partial charge in [0, 0.05) is 25.3 Å². The van der Waals surface area contributed by atoms with E-state index in [9.17, 15) is 0 Å². The number of nitrogens with two attached hydrogens (primary N) is 1. The molecule has 0 spiro atoms. The van der Waals surface area contributed by atoms with Gasteiger partial charge in [0.05, 0.1) is 6.54 Å². The number of benzene rings is 1. The van der Waals surface area contributed by atoms with Gasteiger partial charge in [0.1, 0.15) is 0 Å². The SMILES string of the molecule is C=C(C)CN=C(N)NCC1CCN(c2ccccc2)C1. The van der Waals surface area contributed by atoms with Crippen molar-refractivity contribution < 1.29 is 0 Å². The number of hydrogen-bond acceptors (Lipinski definition) is 2. The van der Waals surface area contributed by atoms with Crippen LogP contribution in [0.25, 0.3) is 0 Å². The standard InChI is InChI=1S/C16H24N4/c1-13(2)10-18-16(17)19-11-14-8-9-20(12-14)15-6-4-3-5-7-15/h3-7,14H,1,8-12H2,2H3,(H3,17,18,19). The van der Waals surface area contributed by atoms with E-state index in [-0.39, 0.29) is 0 Å². The zero-order valence-electron chi connectivity index (χ0n) is 12.2. The van der Waals surface area contributed by atoms with Crippen LogP contribution in [0.2, 0.25) is 0 Å². The van der Waals surface area contributed by atoms with Gasteiger partial charge < -0.3 is 16.0 Å². The lowest BCUT2D eigenvalue weighted by molar-refractivity contribution is 0.570. The Morgan fingerprint density at radius 1 is 1.45 bits per heavy atom. The number of anilines is 1. The Morgan fingerprint density at radius 2 is 2.20 bits per heavy atom. The average molecular weight is 272 g/mol. The summed E-state index contributed by atoms with van der Waals surface area (Å²) in [5, 5.41) is 3.21. The Kier molecular flexibility index (Phi) is 5.04. The normalized spacial score (nSPS) is 19.1.